The van der Waals surface area contributed by atoms with Gasteiger partial charge in [-0.1, -0.05) is 0 Å². The fraction of sp³-hybridized carbons (Fsp3) is 1.00. The van der Waals surface area contributed by atoms with Gasteiger partial charge in [0.1, 0.15) is 0 Å². The third-order valence-electron chi connectivity index (χ3n) is 2.81. The predicted octanol–water partition coefficient (Wildman–Crippen LogP) is 0.461. The van der Waals surface area contributed by atoms with Crippen molar-refractivity contribution in [3.63, 3.8) is 0 Å². The summed E-state index contributed by atoms with van der Waals surface area (Å²) < 4.78 is 10.1. The Hall–Kier alpha value is -0.160. The number of hydrogen-bond donors (Lipinski definition) is 1. The maximum absolute atomic E-state index is 6.04. The molecule has 0 aromatic carbocycles. The largest absolute Gasteiger partial charge is 0.385 e. The molecule has 90 valence electrons. The van der Waals surface area contributed by atoms with E-state index in [1.165, 1.54) is 12.8 Å². The van der Waals surface area contributed by atoms with Crippen LogP contribution in [-0.4, -0.2) is 57.5 Å². The fourth-order valence-electron chi connectivity index (χ4n) is 1.73. The molecule has 4 heteroatoms. The molecule has 0 radical (unpaired) electrons. The van der Waals surface area contributed by atoms with Gasteiger partial charge in [-0.15, -0.1) is 0 Å². The molecule has 0 aromatic rings. The molecular weight excluding hydrogens is 192 g/mol. The summed E-state index contributed by atoms with van der Waals surface area (Å²) in [5.41, 5.74) is 6.04. The van der Waals surface area contributed by atoms with Crippen LogP contribution in [0.1, 0.15) is 19.3 Å². The van der Waals surface area contributed by atoms with E-state index < -0.39 is 0 Å². The van der Waals surface area contributed by atoms with Crippen molar-refractivity contribution in [2.75, 3.05) is 40.5 Å². The molecule has 1 unspecified atom stereocenters. The van der Waals surface area contributed by atoms with E-state index in [-0.39, 0.29) is 6.04 Å². The zero-order valence-corrected chi connectivity index (χ0v) is 9.95. The first kappa shape index (κ1) is 12.9. The molecule has 1 rings (SSSR count). The lowest BCUT2D eigenvalue weighted by Gasteiger charge is -2.25. The van der Waals surface area contributed by atoms with Crippen molar-refractivity contribution < 1.29 is 9.47 Å². The molecule has 0 saturated heterocycles. The molecule has 1 aliphatic rings. The third kappa shape index (κ3) is 5.47. The van der Waals surface area contributed by atoms with Crippen molar-refractivity contribution in [3.8, 4) is 0 Å². The van der Waals surface area contributed by atoms with Gasteiger partial charge in [0, 0.05) is 46.0 Å². The Kier molecular flexibility index (Phi) is 6.17. The van der Waals surface area contributed by atoms with Gasteiger partial charge < -0.3 is 15.2 Å². The van der Waals surface area contributed by atoms with E-state index in [0.717, 1.165) is 38.8 Å². The van der Waals surface area contributed by atoms with Crippen molar-refractivity contribution >= 4 is 0 Å². The molecular formula is C11H24N2O2. The van der Waals surface area contributed by atoms with Crippen LogP contribution in [-0.2, 0) is 9.47 Å². The van der Waals surface area contributed by atoms with Gasteiger partial charge >= 0.3 is 0 Å². The lowest BCUT2D eigenvalue weighted by molar-refractivity contribution is 0.131. The van der Waals surface area contributed by atoms with Crippen molar-refractivity contribution in [1.82, 2.24) is 4.90 Å². The van der Waals surface area contributed by atoms with E-state index in [0.29, 0.717) is 0 Å². The average Bonchev–Trinajstić information content (AvgIpc) is 3.04. The molecule has 0 heterocycles. The molecule has 4 nitrogen and oxygen atoms in total. The van der Waals surface area contributed by atoms with Gasteiger partial charge in [0.15, 0.2) is 0 Å². The summed E-state index contributed by atoms with van der Waals surface area (Å²) in [6.45, 7) is 3.52. The van der Waals surface area contributed by atoms with Gasteiger partial charge in [-0.2, -0.15) is 0 Å². The Labute approximate surface area is 92.7 Å². The lowest BCUT2D eigenvalue weighted by atomic mass is 10.2. The highest BCUT2D eigenvalue weighted by Gasteiger charge is 2.29. The Morgan fingerprint density at radius 1 is 1.27 bits per heavy atom. The number of rotatable bonds is 9. The monoisotopic (exact) mass is 216 g/mol. The Morgan fingerprint density at radius 2 is 1.93 bits per heavy atom. The van der Waals surface area contributed by atoms with E-state index in [9.17, 15) is 0 Å². The van der Waals surface area contributed by atoms with Crippen LogP contribution in [0.5, 0.6) is 0 Å². The average molecular weight is 216 g/mol. The van der Waals surface area contributed by atoms with Gasteiger partial charge in [0.25, 0.3) is 0 Å². The summed E-state index contributed by atoms with van der Waals surface area (Å²) in [7, 11) is 3.46. The Bertz CT molecular complexity index is 163. The number of nitrogens with two attached hydrogens (primary N) is 1. The topological polar surface area (TPSA) is 47.7 Å². The van der Waals surface area contributed by atoms with E-state index in [1.807, 2.05) is 0 Å². The Balaban J connectivity index is 2.17. The van der Waals surface area contributed by atoms with Gasteiger partial charge in [-0.3, -0.25) is 4.90 Å². The molecule has 2 N–H and O–H groups in total. The molecule has 1 saturated carbocycles. The summed E-state index contributed by atoms with van der Waals surface area (Å²) in [5.74, 6) is 0. The molecule has 0 amide bonds. The molecule has 0 aromatic heterocycles. The highest BCUT2D eigenvalue weighted by molar-refractivity contribution is 4.86. The molecule has 1 atom stereocenters. The van der Waals surface area contributed by atoms with Crippen molar-refractivity contribution in [2.24, 2.45) is 5.73 Å². The third-order valence-corrected chi connectivity index (χ3v) is 2.81. The first-order valence-electron chi connectivity index (χ1n) is 5.75. The number of ether oxygens (including phenoxy) is 2. The number of hydrogen-bond acceptors (Lipinski definition) is 4. The predicted molar refractivity (Wildman–Crippen MR) is 60.9 cm³/mol. The minimum absolute atomic E-state index is 0.224. The Morgan fingerprint density at radius 3 is 2.47 bits per heavy atom. The van der Waals surface area contributed by atoms with Crippen LogP contribution in [0.4, 0.5) is 0 Å². The zero-order valence-electron chi connectivity index (χ0n) is 9.95. The van der Waals surface area contributed by atoms with Gasteiger partial charge in [-0.25, -0.2) is 0 Å². The van der Waals surface area contributed by atoms with Crippen LogP contribution in [0, 0.1) is 0 Å². The standard InChI is InChI=1S/C11H24N2O2/c1-14-7-5-10(12)9-13(6-8-15-2)11-3-4-11/h10-11H,3-9,12H2,1-2H3. The second-order valence-corrected chi connectivity index (χ2v) is 4.26. The SMILES string of the molecule is COCCC(N)CN(CCOC)C1CC1. The first-order valence-corrected chi connectivity index (χ1v) is 5.75. The lowest BCUT2D eigenvalue weighted by Crippen LogP contribution is -2.41. The molecule has 0 aliphatic heterocycles. The van der Waals surface area contributed by atoms with Crippen molar-refractivity contribution in [3.05, 3.63) is 0 Å². The minimum atomic E-state index is 0.224. The zero-order chi connectivity index (χ0) is 11.1. The summed E-state index contributed by atoms with van der Waals surface area (Å²) in [6.07, 6.45) is 3.58. The van der Waals surface area contributed by atoms with Crippen LogP contribution < -0.4 is 5.73 Å². The molecule has 15 heavy (non-hydrogen) atoms. The highest BCUT2D eigenvalue weighted by atomic mass is 16.5. The van der Waals surface area contributed by atoms with E-state index in [1.54, 1.807) is 14.2 Å². The molecule has 1 aliphatic carbocycles. The van der Waals surface area contributed by atoms with Crippen molar-refractivity contribution in [2.45, 2.75) is 31.3 Å². The maximum atomic E-state index is 6.04. The highest BCUT2D eigenvalue weighted by Crippen LogP contribution is 2.26. The van der Waals surface area contributed by atoms with Crippen LogP contribution in [0.2, 0.25) is 0 Å². The summed E-state index contributed by atoms with van der Waals surface area (Å²) >= 11 is 0. The van der Waals surface area contributed by atoms with Crippen LogP contribution in [0.25, 0.3) is 0 Å². The quantitative estimate of drug-likeness (QED) is 0.608. The second-order valence-electron chi connectivity index (χ2n) is 4.26. The number of methoxy groups -OCH3 is 2. The van der Waals surface area contributed by atoms with Gasteiger partial charge in [0.2, 0.25) is 0 Å². The van der Waals surface area contributed by atoms with Gasteiger partial charge in [0.05, 0.1) is 6.61 Å². The van der Waals surface area contributed by atoms with E-state index >= 15 is 0 Å². The van der Waals surface area contributed by atoms with Crippen LogP contribution in [0.15, 0.2) is 0 Å². The molecule has 1 fully saturated rings. The van der Waals surface area contributed by atoms with Crippen LogP contribution >= 0.6 is 0 Å². The first-order chi connectivity index (χ1) is 7.27. The van der Waals surface area contributed by atoms with Crippen LogP contribution in [0.3, 0.4) is 0 Å². The normalized spacial score (nSPS) is 18.4. The molecule has 0 spiro atoms. The van der Waals surface area contributed by atoms with Crippen molar-refractivity contribution in [1.29, 1.82) is 0 Å². The maximum Gasteiger partial charge on any atom is 0.0589 e. The summed E-state index contributed by atoms with van der Waals surface area (Å²) in [6, 6.07) is 0.983. The van der Waals surface area contributed by atoms with E-state index in [4.69, 9.17) is 15.2 Å². The summed E-state index contributed by atoms with van der Waals surface area (Å²) in [4.78, 5) is 2.45. The number of nitrogens with zero attached hydrogens (tertiary/aromatic N) is 1. The fourth-order valence-corrected chi connectivity index (χ4v) is 1.73. The summed E-state index contributed by atoms with van der Waals surface area (Å²) in [5, 5.41) is 0. The van der Waals surface area contributed by atoms with Gasteiger partial charge in [-0.05, 0) is 19.3 Å². The second kappa shape index (κ2) is 7.17. The smallest absolute Gasteiger partial charge is 0.0589 e. The minimum Gasteiger partial charge on any atom is -0.385 e. The molecule has 0 bridgehead atoms. The van der Waals surface area contributed by atoms with E-state index in [2.05, 4.69) is 4.90 Å².